The molecule has 0 saturated heterocycles. The van der Waals surface area contributed by atoms with Crippen molar-refractivity contribution in [3.8, 4) is 11.5 Å². The summed E-state index contributed by atoms with van der Waals surface area (Å²) in [6.45, 7) is 2.08. The lowest BCUT2D eigenvalue weighted by molar-refractivity contribution is -0.123. The third kappa shape index (κ3) is 3.50. The van der Waals surface area contributed by atoms with E-state index in [1.165, 1.54) is 0 Å². The number of Topliss-reactive ketones (excluding diaryl/α,β-unsaturated/α-hetero) is 1. The number of rotatable bonds is 5. The van der Waals surface area contributed by atoms with Gasteiger partial charge in [0.1, 0.15) is 17.3 Å². The van der Waals surface area contributed by atoms with Crippen LogP contribution in [-0.4, -0.2) is 26.3 Å². The van der Waals surface area contributed by atoms with E-state index in [0.717, 1.165) is 34.9 Å². The van der Waals surface area contributed by atoms with Gasteiger partial charge in [0.05, 0.1) is 12.0 Å². The van der Waals surface area contributed by atoms with E-state index in [1.807, 2.05) is 59.3 Å². The fourth-order valence-corrected chi connectivity index (χ4v) is 4.62. The van der Waals surface area contributed by atoms with Crippen molar-refractivity contribution in [3.05, 3.63) is 71.9 Å². The summed E-state index contributed by atoms with van der Waals surface area (Å²) in [5.74, 6) is 3.01. The van der Waals surface area contributed by atoms with Crippen LogP contribution < -0.4 is 10.1 Å². The summed E-state index contributed by atoms with van der Waals surface area (Å²) in [4.78, 5) is 17.6. The molecule has 6 nitrogen and oxygen atoms in total. The molecule has 2 atom stereocenters. The summed E-state index contributed by atoms with van der Waals surface area (Å²) in [7, 11) is 0. The SMILES string of the molecule is CCSc1nc2n(n1)[C@@H](c1cccc(Oc3ccccc3)c1)[C@@H]1C(=O)CCC=C1N2. The minimum absolute atomic E-state index is 0.227. The van der Waals surface area contributed by atoms with Gasteiger partial charge < -0.3 is 10.1 Å². The van der Waals surface area contributed by atoms with E-state index in [4.69, 9.17) is 9.84 Å². The average Bonchev–Trinajstić information content (AvgIpc) is 3.15. The fraction of sp³-hybridized carbons (Fsp3) is 0.261. The molecule has 5 rings (SSSR count). The van der Waals surface area contributed by atoms with E-state index >= 15 is 0 Å². The van der Waals surface area contributed by atoms with Crippen LogP contribution in [0.4, 0.5) is 5.95 Å². The molecule has 2 aromatic carbocycles. The summed E-state index contributed by atoms with van der Waals surface area (Å²) >= 11 is 1.59. The zero-order chi connectivity index (χ0) is 20.5. The molecule has 1 aliphatic carbocycles. The number of fused-ring (bicyclic) bond motifs is 2. The molecule has 2 aliphatic rings. The number of ketones is 1. The van der Waals surface area contributed by atoms with Crippen molar-refractivity contribution < 1.29 is 9.53 Å². The molecule has 0 fully saturated rings. The van der Waals surface area contributed by atoms with Crippen molar-refractivity contribution in [1.82, 2.24) is 14.8 Å². The van der Waals surface area contributed by atoms with Crippen molar-refractivity contribution >= 4 is 23.5 Å². The second kappa shape index (κ2) is 7.99. The van der Waals surface area contributed by atoms with Crippen molar-refractivity contribution in [2.75, 3.05) is 11.1 Å². The molecule has 0 unspecified atom stereocenters. The normalized spacial score (nSPS) is 20.0. The molecule has 3 aromatic rings. The van der Waals surface area contributed by atoms with Gasteiger partial charge in [0.25, 0.3) is 0 Å². The Labute approximate surface area is 179 Å². The van der Waals surface area contributed by atoms with E-state index in [9.17, 15) is 4.79 Å². The molecule has 0 spiro atoms. The third-order valence-corrected chi connectivity index (χ3v) is 6.06. The van der Waals surface area contributed by atoms with E-state index in [1.54, 1.807) is 11.8 Å². The molecule has 0 bridgehead atoms. The van der Waals surface area contributed by atoms with Crippen LogP contribution in [0.5, 0.6) is 11.5 Å². The van der Waals surface area contributed by atoms with Gasteiger partial charge in [-0.1, -0.05) is 55.1 Å². The highest BCUT2D eigenvalue weighted by atomic mass is 32.2. The minimum atomic E-state index is -0.292. The maximum Gasteiger partial charge on any atom is 0.227 e. The Balaban J connectivity index is 1.57. The van der Waals surface area contributed by atoms with Crippen LogP contribution in [0.1, 0.15) is 31.4 Å². The fourth-order valence-electron chi connectivity index (χ4n) is 4.06. The second-order valence-electron chi connectivity index (χ2n) is 7.30. The van der Waals surface area contributed by atoms with Crippen molar-refractivity contribution in [2.24, 2.45) is 5.92 Å². The summed E-state index contributed by atoms with van der Waals surface area (Å²) in [6, 6.07) is 17.4. The predicted molar refractivity (Wildman–Crippen MR) is 117 cm³/mol. The summed E-state index contributed by atoms with van der Waals surface area (Å²) in [5.41, 5.74) is 1.91. The number of hydrogen-bond acceptors (Lipinski definition) is 6. The van der Waals surface area contributed by atoms with Gasteiger partial charge in [-0.05, 0) is 42.0 Å². The monoisotopic (exact) mass is 418 g/mol. The maximum atomic E-state index is 13.0. The van der Waals surface area contributed by atoms with Gasteiger partial charge in [0, 0.05) is 12.1 Å². The molecule has 30 heavy (non-hydrogen) atoms. The Morgan fingerprint density at radius 3 is 2.83 bits per heavy atom. The largest absolute Gasteiger partial charge is 0.457 e. The topological polar surface area (TPSA) is 69.0 Å². The van der Waals surface area contributed by atoms with Crippen molar-refractivity contribution in [2.45, 2.75) is 31.0 Å². The zero-order valence-electron chi connectivity index (χ0n) is 16.6. The molecule has 0 radical (unpaired) electrons. The van der Waals surface area contributed by atoms with E-state index < -0.39 is 0 Å². The zero-order valence-corrected chi connectivity index (χ0v) is 17.4. The van der Waals surface area contributed by atoms with Gasteiger partial charge in [0.2, 0.25) is 11.1 Å². The van der Waals surface area contributed by atoms with Crippen LogP contribution in [0.25, 0.3) is 0 Å². The van der Waals surface area contributed by atoms with Crippen LogP contribution in [0.15, 0.2) is 71.5 Å². The molecule has 1 aliphatic heterocycles. The lowest BCUT2D eigenvalue weighted by Gasteiger charge is -2.36. The first-order valence-corrected chi connectivity index (χ1v) is 11.1. The van der Waals surface area contributed by atoms with Crippen LogP contribution in [0.3, 0.4) is 0 Å². The highest BCUT2D eigenvalue weighted by Crippen LogP contribution is 2.42. The number of hydrogen-bond donors (Lipinski definition) is 1. The lowest BCUT2D eigenvalue weighted by atomic mass is 9.81. The number of anilines is 1. The van der Waals surface area contributed by atoms with Gasteiger partial charge >= 0.3 is 0 Å². The quantitative estimate of drug-likeness (QED) is 0.584. The summed E-state index contributed by atoms with van der Waals surface area (Å²) in [6.07, 6.45) is 3.42. The first kappa shape index (κ1) is 18.9. The molecule has 0 saturated carbocycles. The predicted octanol–water partition coefficient (Wildman–Crippen LogP) is 5.06. The molecule has 2 heterocycles. The molecule has 7 heteroatoms. The van der Waals surface area contributed by atoms with E-state index in [2.05, 4.69) is 23.3 Å². The van der Waals surface area contributed by atoms with E-state index in [0.29, 0.717) is 17.5 Å². The number of nitrogens with zero attached hydrogens (tertiary/aromatic N) is 3. The van der Waals surface area contributed by atoms with Gasteiger partial charge in [-0.3, -0.25) is 4.79 Å². The highest BCUT2D eigenvalue weighted by Gasteiger charge is 2.41. The number of nitrogens with one attached hydrogen (secondary N) is 1. The maximum absolute atomic E-state index is 13.0. The lowest BCUT2D eigenvalue weighted by Crippen LogP contribution is -2.38. The number of carbonyl (C=O) groups excluding carboxylic acids is 1. The Bertz CT molecular complexity index is 1110. The summed E-state index contributed by atoms with van der Waals surface area (Å²) in [5, 5.41) is 8.79. The number of para-hydroxylation sites is 1. The molecule has 1 N–H and O–H groups in total. The average molecular weight is 419 g/mol. The Morgan fingerprint density at radius 1 is 1.17 bits per heavy atom. The van der Waals surface area contributed by atoms with Gasteiger partial charge in [-0.2, -0.15) is 4.98 Å². The standard InChI is InChI=1S/C23H22N4O2S/c1-2-30-23-25-22-24-18-12-7-13-19(28)20(18)21(27(22)26-23)15-8-6-11-17(14-15)29-16-9-4-3-5-10-16/h3-6,8-12,14,20-21H,2,7,13H2,1H3,(H,24,25,26)/t20-,21-/m0/s1. The molecular weight excluding hydrogens is 396 g/mol. The third-order valence-electron chi connectivity index (χ3n) is 5.34. The summed E-state index contributed by atoms with van der Waals surface area (Å²) < 4.78 is 7.91. The number of aromatic nitrogens is 3. The highest BCUT2D eigenvalue weighted by molar-refractivity contribution is 7.99. The second-order valence-corrected chi connectivity index (χ2v) is 8.53. The minimum Gasteiger partial charge on any atom is -0.457 e. The van der Waals surface area contributed by atoms with Gasteiger partial charge in [0.15, 0.2) is 0 Å². The molecule has 0 amide bonds. The van der Waals surface area contributed by atoms with Crippen LogP contribution in [0.2, 0.25) is 0 Å². The first-order valence-electron chi connectivity index (χ1n) is 10.1. The number of carbonyl (C=O) groups is 1. The Hall–Kier alpha value is -3.06. The number of ether oxygens (including phenoxy) is 1. The Morgan fingerprint density at radius 2 is 2.00 bits per heavy atom. The number of benzene rings is 2. The first-order chi connectivity index (χ1) is 14.7. The number of thioether (sulfide) groups is 1. The Kier molecular flexibility index (Phi) is 5.04. The molecule has 152 valence electrons. The van der Waals surface area contributed by atoms with Crippen molar-refractivity contribution in [3.63, 3.8) is 0 Å². The van der Waals surface area contributed by atoms with Crippen LogP contribution in [0, 0.1) is 5.92 Å². The van der Waals surface area contributed by atoms with Crippen LogP contribution >= 0.6 is 11.8 Å². The number of allylic oxidation sites excluding steroid dienone is 2. The smallest absolute Gasteiger partial charge is 0.227 e. The van der Waals surface area contributed by atoms with Gasteiger partial charge in [-0.15, -0.1) is 5.10 Å². The molecule has 1 aromatic heterocycles. The van der Waals surface area contributed by atoms with Gasteiger partial charge in [-0.25, -0.2) is 4.68 Å². The van der Waals surface area contributed by atoms with E-state index in [-0.39, 0.29) is 17.7 Å². The molecular formula is C23H22N4O2S. The van der Waals surface area contributed by atoms with Crippen molar-refractivity contribution in [1.29, 1.82) is 0 Å². The van der Waals surface area contributed by atoms with Crippen LogP contribution in [-0.2, 0) is 4.79 Å².